The van der Waals surface area contributed by atoms with Crippen molar-refractivity contribution in [1.82, 2.24) is 9.80 Å². The van der Waals surface area contributed by atoms with E-state index < -0.39 is 0 Å². The predicted octanol–water partition coefficient (Wildman–Crippen LogP) is 1.74. The smallest absolute Gasteiger partial charge is 0.237 e. The van der Waals surface area contributed by atoms with Crippen LogP contribution in [0.15, 0.2) is 30.3 Å². The van der Waals surface area contributed by atoms with Crippen molar-refractivity contribution < 1.29 is 9.90 Å². The van der Waals surface area contributed by atoms with E-state index in [9.17, 15) is 4.79 Å². The second-order valence-corrected chi connectivity index (χ2v) is 5.19. The van der Waals surface area contributed by atoms with Crippen LogP contribution in [0.5, 0.6) is 0 Å². The zero-order valence-corrected chi connectivity index (χ0v) is 12.7. The minimum Gasteiger partial charge on any atom is -0.395 e. The third-order valence-corrected chi connectivity index (χ3v) is 3.36. The molecule has 0 bridgehead atoms. The zero-order chi connectivity index (χ0) is 15.0. The predicted molar refractivity (Wildman–Crippen MR) is 81.3 cm³/mol. The van der Waals surface area contributed by atoms with E-state index in [2.05, 4.69) is 0 Å². The Morgan fingerprint density at radius 1 is 1.25 bits per heavy atom. The fourth-order valence-electron chi connectivity index (χ4n) is 2.11. The van der Waals surface area contributed by atoms with Crippen LogP contribution in [0.25, 0.3) is 0 Å². The van der Waals surface area contributed by atoms with Crippen LogP contribution in [0.4, 0.5) is 0 Å². The molecule has 1 rings (SSSR count). The van der Waals surface area contributed by atoms with E-state index in [0.717, 1.165) is 12.1 Å². The Hall–Kier alpha value is -1.39. The summed E-state index contributed by atoms with van der Waals surface area (Å²) in [5.41, 5.74) is 1.14. The van der Waals surface area contributed by atoms with Gasteiger partial charge in [-0.1, -0.05) is 37.3 Å². The Kier molecular flexibility index (Phi) is 7.26. The maximum atomic E-state index is 12.4. The van der Waals surface area contributed by atoms with Gasteiger partial charge in [0, 0.05) is 19.1 Å². The lowest BCUT2D eigenvalue weighted by Crippen LogP contribution is -2.44. The molecule has 0 aliphatic rings. The molecule has 0 radical (unpaired) electrons. The van der Waals surface area contributed by atoms with Crippen LogP contribution in [0, 0.1) is 0 Å². The van der Waals surface area contributed by atoms with Crippen molar-refractivity contribution in [2.24, 2.45) is 0 Å². The third-order valence-electron chi connectivity index (χ3n) is 3.36. The molecule has 0 saturated heterocycles. The maximum absolute atomic E-state index is 12.4. The van der Waals surface area contributed by atoms with Gasteiger partial charge in [0.2, 0.25) is 5.91 Å². The third kappa shape index (κ3) is 5.31. The lowest BCUT2D eigenvalue weighted by atomic mass is 10.2. The van der Waals surface area contributed by atoms with Gasteiger partial charge in [-0.15, -0.1) is 0 Å². The van der Waals surface area contributed by atoms with Crippen LogP contribution in [-0.4, -0.2) is 53.1 Å². The summed E-state index contributed by atoms with van der Waals surface area (Å²) in [5, 5.41) is 9.00. The number of rotatable bonds is 8. The Balaban J connectivity index is 2.68. The number of hydrogen-bond donors (Lipinski definition) is 1. The number of carbonyl (C=O) groups excluding carboxylic acids is 1. The van der Waals surface area contributed by atoms with Crippen LogP contribution in [0.1, 0.15) is 26.3 Å². The molecule has 0 atom stereocenters. The SMILES string of the molecule is CCN(CCO)CC(=O)N(Cc1ccccc1)C(C)C. The van der Waals surface area contributed by atoms with E-state index in [1.165, 1.54) is 0 Å². The monoisotopic (exact) mass is 278 g/mol. The van der Waals surface area contributed by atoms with Crippen molar-refractivity contribution in [3.05, 3.63) is 35.9 Å². The first-order valence-corrected chi connectivity index (χ1v) is 7.25. The molecule has 0 aliphatic heterocycles. The summed E-state index contributed by atoms with van der Waals surface area (Å²) in [4.78, 5) is 16.3. The van der Waals surface area contributed by atoms with E-state index in [1.54, 1.807) is 0 Å². The number of carbonyl (C=O) groups is 1. The summed E-state index contributed by atoms with van der Waals surface area (Å²) in [5.74, 6) is 0.110. The van der Waals surface area contributed by atoms with E-state index in [1.807, 2.05) is 60.9 Å². The number of aliphatic hydroxyl groups is 1. The lowest BCUT2D eigenvalue weighted by Gasteiger charge is -2.29. The quantitative estimate of drug-likeness (QED) is 0.787. The summed E-state index contributed by atoms with van der Waals surface area (Å²) in [7, 11) is 0. The topological polar surface area (TPSA) is 43.8 Å². The zero-order valence-electron chi connectivity index (χ0n) is 12.7. The summed E-state index contributed by atoms with van der Waals surface area (Å²) in [6, 6.07) is 10.2. The van der Waals surface area contributed by atoms with Crippen LogP contribution in [0.2, 0.25) is 0 Å². The molecule has 0 saturated carbocycles. The number of amides is 1. The largest absolute Gasteiger partial charge is 0.395 e. The first kappa shape index (κ1) is 16.7. The highest BCUT2D eigenvalue weighted by molar-refractivity contribution is 5.78. The van der Waals surface area contributed by atoms with Crippen molar-refractivity contribution in [2.45, 2.75) is 33.4 Å². The Morgan fingerprint density at radius 2 is 1.90 bits per heavy atom. The molecular weight excluding hydrogens is 252 g/mol. The van der Waals surface area contributed by atoms with Crippen molar-refractivity contribution in [3.8, 4) is 0 Å². The molecule has 0 heterocycles. The molecule has 0 fully saturated rings. The van der Waals surface area contributed by atoms with Crippen molar-refractivity contribution in [3.63, 3.8) is 0 Å². The van der Waals surface area contributed by atoms with E-state index >= 15 is 0 Å². The minimum absolute atomic E-state index is 0.0848. The van der Waals surface area contributed by atoms with Gasteiger partial charge in [0.05, 0.1) is 13.2 Å². The minimum atomic E-state index is 0.0848. The van der Waals surface area contributed by atoms with Crippen LogP contribution in [0.3, 0.4) is 0 Å². The van der Waals surface area contributed by atoms with Gasteiger partial charge in [-0.2, -0.15) is 0 Å². The average Bonchev–Trinajstić information content (AvgIpc) is 2.44. The highest BCUT2D eigenvalue weighted by Crippen LogP contribution is 2.09. The molecule has 0 aromatic heterocycles. The highest BCUT2D eigenvalue weighted by atomic mass is 16.3. The molecular formula is C16H26N2O2. The lowest BCUT2D eigenvalue weighted by molar-refractivity contribution is -0.134. The van der Waals surface area contributed by atoms with Gasteiger partial charge in [0.15, 0.2) is 0 Å². The van der Waals surface area contributed by atoms with Gasteiger partial charge in [-0.05, 0) is 26.0 Å². The van der Waals surface area contributed by atoms with Gasteiger partial charge in [0.25, 0.3) is 0 Å². The average molecular weight is 278 g/mol. The molecule has 20 heavy (non-hydrogen) atoms. The molecule has 1 N–H and O–H groups in total. The number of hydrogen-bond acceptors (Lipinski definition) is 3. The van der Waals surface area contributed by atoms with Gasteiger partial charge < -0.3 is 10.0 Å². The normalized spacial score (nSPS) is 11.1. The summed E-state index contributed by atoms with van der Waals surface area (Å²) >= 11 is 0. The first-order valence-electron chi connectivity index (χ1n) is 7.25. The van der Waals surface area contributed by atoms with E-state index in [-0.39, 0.29) is 18.6 Å². The first-order chi connectivity index (χ1) is 9.58. The van der Waals surface area contributed by atoms with Gasteiger partial charge in [0.1, 0.15) is 0 Å². The fourth-order valence-corrected chi connectivity index (χ4v) is 2.11. The Morgan fingerprint density at radius 3 is 2.40 bits per heavy atom. The van der Waals surface area contributed by atoms with Gasteiger partial charge >= 0.3 is 0 Å². The molecule has 1 amide bonds. The van der Waals surface area contributed by atoms with Crippen LogP contribution in [-0.2, 0) is 11.3 Å². The summed E-state index contributed by atoms with van der Waals surface area (Å²) in [6.07, 6.45) is 0. The number of nitrogens with zero attached hydrogens (tertiary/aromatic N) is 2. The number of benzene rings is 1. The van der Waals surface area contributed by atoms with Gasteiger partial charge in [-0.3, -0.25) is 9.69 Å². The fraction of sp³-hybridized carbons (Fsp3) is 0.562. The molecule has 0 spiro atoms. The molecule has 4 heteroatoms. The van der Waals surface area contributed by atoms with Gasteiger partial charge in [-0.25, -0.2) is 0 Å². The second-order valence-electron chi connectivity index (χ2n) is 5.19. The Labute approximate surface area is 122 Å². The van der Waals surface area contributed by atoms with Crippen molar-refractivity contribution in [2.75, 3.05) is 26.2 Å². The van der Waals surface area contributed by atoms with E-state index in [0.29, 0.717) is 19.6 Å². The van der Waals surface area contributed by atoms with Crippen molar-refractivity contribution in [1.29, 1.82) is 0 Å². The Bertz CT molecular complexity index is 393. The summed E-state index contributed by atoms with van der Waals surface area (Å²) < 4.78 is 0. The van der Waals surface area contributed by atoms with E-state index in [4.69, 9.17) is 5.11 Å². The van der Waals surface area contributed by atoms with Crippen LogP contribution >= 0.6 is 0 Å². The highest BCUT2D eigenvalue weighted by Gasteiger charge is 2.19. The maximum Gasteiger partial charge on any atom is 0.237 e. The van der Waals surface area contributed by atoms with Crippen LogP contribution < -0.4 is 0 Å². The molecule has 1 aromatic rings. The standard InChI is InChI=1S/C16H26N2O2/c1-4-17(10-11-19)13-16(20)18(14(2)3)12-15-8-6-5-7-9-15/h5-9,14,19H,4,10-13H2,1-3H3. The molecule has 1 aromatic carbocycles. The van der Waals surface area contributed by atoms with Crippen molar-refractivity contribution >= 4 is 5.91 Å². The number of aliphatic hydroxyl groups excluding tert-OH is 1. The molecule has 4 nitrogen and oxygen atoms in total. The molecule has 0 aliphatic carbocycles. The second kappa shape index (κ2) is 8.72. The number of likely N-dealkylation sites (N-methyl/N-ethyl adjacent to an activating group) is 1. The molecule has 112 valence electrons. The summed E-state index contributed by atoms with van der Waals surface area (Å²) in [6.45, 7) is 8.45. The molecule has 0 unspecified atom stereocenters.